The highest BCUT2D eigenvalue weighted by Gasteiger charge is 2.33. The Morgan fingerprint density at radius 1 is 1.30 bits per heavy atom. The molecule has 0 aliphatic rings. The Morgan fingerprint density at radius 3 is 2.52 bits per heavy atom. The Hall–Kier alpha value is -2.31. The summed E-state index contributed by atoms with van der Waals surface area (Å²) in [6.45, 7) is 5.24. The molecule has 1 aromatic carbocycles. The molecule has 23 heavy (non-hydrogen) atoms. The van der Waals surface area contributed by atoms with Gasteiger partial charge in [0.15, 0.2) is 0 Å². The van der Waals surface area contributed by atoms with Crippen LogP contribution in [0.15, 0.2) is 18.2 Å². The fourth-order valence-corrected chi connectivity index (χ4v) is 2.52. The van der Waals surface area contributed by atoms with Gasteiger partial charge < -0.3 is 4.74 Å². The zero-order valence-corrected chi connectivity index (χ0v) is 13.0. The van der Waals surface area contributed by atoms with Crippen LogP contribution < -0.4 is 0 Å². The predicted octanol–water partition coefficient (Wildman–Crippen LogP) is 3.81. The third kappa shape index (κ3) is 3.72. The van der Waals surface area contributed by atoms with Crippen LogP contribution in [0.3, 0.4) is 0 Å². The monoisotopic (exact) mass is 326 g/mol. The summed E-state index contributed by atoms with van der Waals surface area (Å²) >= 11 is 0. The van der Waals surface area contributed by atoms with Crippen molar-refractivity contribution in [2.75, 3.05) is 0 Å². The molecule has 0 spiro atoms. The van der Waals surface area contributed by atoms with E-state index in [1.54, 1.807) is 13.0 Å². The van der Waals surface area contributed by atoms with Gasteiger partial charge in [0.05, 0.1) is 11.3 Å². The molecule has 0 aliphatic heterocycles. The molecule has 1 heterocycles. The SMILES string of the molecule is Cc1ccc(C(Cc2c(C)n[nH]c2C)OC=O)cc1C(F)(F)F. The third-order valence-electron chi connectivity index (χ3n) is 3.83. The number of halogens is 3. The molecule has 1 atom stereocenters. The summed E-state index contributed by atoms with van der Waals surface area (Å²) in [6.07, 6.45) is -5.00. The molecule has 7 heteroatoms. The summed E-state index contributed by atoms with van der Waals surface area (Å²) in [4.78, 5) is 10.8. The molecule has 1 unspecified atom stereocenters. The second-order valence-corrected chi connectivity index (χ2v) is 5.41. The van der Waals surface area contributed by atoms with Crippen molar-refractivity contribution in [2.45, 2.75) is 39.5 Å². The van der Waals surface area contributed by atoms with Crippen molar-refractivity contribution in [1.29, 1.82) is 0 Å². The number of alkyl halides is 3. The first-order valence-electron chi connectivity index (χ1n) is 7.01. The normalized spacial score (nSPS) is 13.0. The number of hydrogen-bond acceptors (Lipinski definition) is 3. The summed E-state index contributed by atoms with van der Waals surface area (Å²) in [6, 6.07) is 3.96. The minimum Gasteiger partial charge on any atom is -0.459 e. The van der Waals surface area contributed by atoms with E-state index >= 15 is 0 Å². The maximum atomic E-state index is 13.1. The highest BCUT2D eigenvalue weighted by Crippen LogP contribution is 2.34. The van der Waals surface area contributed by atoms with Gasteiger partial charge in [-0.15, -0.1) is 0 Å². The highest BCUT2D eigenvalue weighted by atomic mass is 19.4. The number of carbonyl (C=O) groups is 1. The molecule has 2 aromatic rings. The molecule has 0 saturated carbocycles. The molecule has 0 bridgehead atoms. The highest BCUT2D eigenvalue weighted by molar-refractivity contribution is 5.41. The standard InChI is InChI=1S/C16H17F3N2O2/c1-9-4-5-12(6-14(9)16(17,18)19)15(23-8-22)7-13-10(2)20-21-11(13)3/h4-6,8,15H,7H2,1-3H3,(H,20,21). The maximum Gasteiger partial charge on any atom is 0.416 e. The summed E-state index contributed by atoms with van der Waals surface area (Å²) in [7, 11) is 0. The number of benzene rings is 1. The number of nitrogens with one attached hydrogen (secondary N) is 1. The molecule has 1 aromatic heterocycles. The summed E-state index contributed by atoms with van der Waals surface area (Å²) in [5.41, 5.74) is 2.05. The van der Waals surface area contributed by atoms with Crippen molar-refractivity contribution in [3.8, 4) is 0 Å². The first-order valence-corrected chi connectivity index (χ1v) is 7.01. The number of nitrogens with zero attached hydrogens (tertiary/aromatic N) is 1. The van der Waals surface area contributed by atoms with E-state index in [2.05, 4.69) is 10.2 Å². The molecule has 0 fully saturated rings. The fraction of sp³-hybridized carbons (Fsp3) is 0.375. The molecule has 1 N–H and O–H groups in total. The maximum absolute atomic E-state index is 13.1. The van der Waals surface area contributed by atoms with Gasteiger partial charge in [0.1, 0.15) is 6.10 Å². The number of ether oxygens (including phenoxy) is 1. The Labute approximate surface area is 131 Å². The smallest absolute Gasteiger partial charge is 0.416 e. The van der Waals surface area contributed by atoms with Crippen LogP contribution in [-0.4, -0.2) is 16.7 Å². The minimum absolute atomic E-state index is 0.127. The van der Waals surface area contributed by atoms with Gasteiger partial charge in [0, 0.05) is 12.1 Å². The number of hydrogen-bond donors (Lipinski definition) is 1. The van der Waals surface area contributed by atoms with Crippen LogP contribution >= 0.6 is 0 Å². The largest absolute Gasteiger partial charge is 0.459 e. The molecule has 0 saturated heterocycles. The van der Waals surface area contributed by atoms with Crippen LogP contribution in [0.1, 0.15) is 39.7 Å². The first-order chi connectivity index (χ1) is 10.7. The number of carbonyl (C=O) groups excluding carboxylic acids is 1. The topological polar surface area (TPSA) is 55.0 Å². The van der Waals surface area contributed by atoms with E-state index in [4.69, 9.17) is 4.74 Å². The predicted molar refractivity (Wildman–Crippen MR) is 77.8 cm³/mol. The van der Waals surface area contributed by atoms with Crippen LogP contribution in [0.2, 0.25) is 0 Å². The van der Waals surface area contributed by atoms with Crippen LogP contribution in [0.5, 0.6) is 0 Å². The van der Waals surface area contributed by atoms with Gasteiger partial charge in [0.2, 0.25) is 0 Å². The van der Waals surface area contributed by atoms with Gasteiger partial charge in [-0.25, -0.2) is 0 Å². The number of aryl methyl sites for hydroxylation is 3. The van der Waals surface area contributed by atoms with E-state index < -0.39 is 17.8 Å². The second kappa shape index (κ2) is 6.44. The molecule has 0 amide bonds. The minimum atomic E-state index is -4.45. The Bertz CT molecular complexity index is 688. The summed E-state index contributed by atoms with van der Waals surface area (Å²) < 4.78 is 44.2. The Morgan fingerprint density at radius 2 is 2.00 bits per heavy atom. The van der Waals surface area contributed by atoms with Gasteiger partial charge >= 0.3 is 6.18 Å². The molecule has 0 radical (unpaired) electrons. The second-order valence-electron chi connectivity index (χ2n) is 5.41. The lowest BCUT2D eigenvalue weighted by molar-refractivity contribution is -0.138. The Balaban J connectivity index is 2.40. The van der Waals surface area contributed by atoms with Gasteiger partial charge in [-0.2, -0.15) is 18.3 Å². The molecule has 2 rings (SSSR count). The van der Waals surface area contributed by atoms with Crippen molar-refractivity contribution < 1.29 is 22.7 Å². The molecule has 0 aliphatic carbocycles. The molecular weight excluding hydrogens is 309 g/mol. The third-order valence-corrected chi connectivity index (χ3v) is 3.83. The van der Waals surface area contributed by atoms with Crippen LogP contribution in [-0.2, 0) is 22.1 Å². The zero-order chi connectivity index (χ0) is 17.2. The van der Waals surface area contributed by atoms with Gasteiger partial charge in [0.25, 0.3) is 6.47 Å². The first kappa shape index (κ1) is 17.1. The lowest BCUT2D eigenvalue weighted by Crippen LogP contribution is -2.12. The molecule has 4 nitrogen and oxygen atoms in total. The van der Waals surface area contributed by atoms with Gasteiger partial charge in [-0.1, -0.05) is 12.1 Å². The van der Waals surface area contributed by atoms with E-state index in [0.29, 0.717) is 5.56 Å². The van der Waals surface area contributed by atoms with E-state index in [9.17, 15) is 18.0 Å². The number of aromatic nitrogens is 2. The quantitative estimate of drug-likeness (QED) is 0.850. The van der Waals surface area contributed by atoms with Crippen molar-refractivity contribution in [1.82, 2.24) is 10.2 Å². The van der Waals surface area contributed by atoms with E-state index in [-0.39, 0.29) is 18.5 Å². The van der Waals surface area contributed by atoms with Crippen LogP contribution in [0.25, 0.3) is 0 Å². The molecular formula is C16H17F3N2O2. The lowest BCUT2D eigenvalue weighted by Gasteiger charge is -2.18. The molecule has 124 valence electrons. The number of H-pyrrole nitrogens is 1. The van der Waals surface area contributed by atoms with Crippen LogP contribution in [0, 0.1) is 20.8 Å². The van der Waals surface area contributed by atoms with E-state index in [1.807, 2.05) is 6.92 Å². The lowest BCUT2D eigenvalue weighted by atomic mass is 9.96. The van der Waals surface area contributed by atoms with Crippen LogP contribution in [0.4, 0.5) is 13.2 Å². The zero-order valence-electron chi connectivity index (χ0n) is 13.0. The Kier molecular flexibility index (Phi) is 4.77. The van der Waals surface area contributed by atoms with E-state index in [1.165, 1.54) is 13.0 Å². The summed E-state index contributed by atoms with van der Waals surface area (Å²) in [5, 5.41) is 6.85. The number of rotatable bonds is 5. The van der Waals surface area contributed by atoms with Crippen molar-refractivity contribution in [3.05, 3.63) is 51.8 Å². The average Bonchev–Trinajstić information content (AvgIpc) is 2.78. The average molecular weight is 326 g/mol. The van der Waals surface area contributed by atoms with Crippen molar-refractivity contribution in [2.24, 2.45) is 0 Å². The fourth-order valence-electron chi connectivity index (χ4n) is 2.52. The summed E-state index contributed by atoms with van der Waals surface area (Å²) in [5.74, 6) is 0. The number of aromatic amines is 1. The van der Waals surface area contributed by atoms with Gasteiger partial charge in [-0.3, -0.25) is 9.89 Å². The van der Waals surface area contributed by atoms with E-state index in [0.717, 1.165) is 23.0 Å². The van der Waals surface area contributed by atoms with Crippen molar-refractivity contribution >= 4 is 6.47 Å². The van der Waals surface area contributed by atoms with Crippen molar-refractivity contribution in [3.63, 3.8) is 0 Å². The van der Waals surface area contributed by atoms with Gasteiger partial charge in [-0.05, 0) is 43.5 Å².